The van der Waals surface area contributed by atoms with Gasteiger partial charge in [0.05, 0.1) is 23.9 Å². The summed E-state index contributed by atoms with van der Waals surface area (Å²) in [6, 6.07) is 17.6. The van der Waals surface area contributed by atoms with E-state index in [0.29, 0.717) is 23.5 Å². The van der Waals surface area contributed by atoms with E-state index in [-0.39, 0.29) is 6.10 Å². The summed E-state index contributed by atoms with van der Waals surface area (Å²) < 4.78 is 10.8. The van der Waals surface area contributed by atoms with E-state index < -0.39 is 0 Å². The number of aromatic nitrogens is 3. The lowest BCUT2D eigenvalue weighted by molar-refractivity contribution is 0.194. The molecule has 0 radical (unpaired) electrons. The van der Waals surface area contributed by atoms with Crippen LogP contribution in [-0.2, 0) is 6.42 Å². The van der Waals surface area contributed by atoms with Crippen molar-refractivity contribution >= 4 is 16.7 Å². The van der Waals surface area contributed by atoms with Crippen LogP contribution in [0.4, 0.5) is 5.69 Å². The fourth-order valence-electron chi connectivity index (χ4n) is 3.57. The summed E-state index contributed by atoms with van der Waals surface area (Å²) in [5, 5.41) is 23.5. The molecule has 1 atom stereocenters. The number of anilines is 1. The number of fused-ring (bicyclic) bond motifs is 2. The van der Waals surface area contributed by atoms with Crippen molar-refractivity contribution in [3.63, 3.8) is 0 Å². The molecule has 0 aliphatic carbocycles. The van der Waals surface area contributed by atoms with Crippen LogP contribution in [0.25, 0.3) is 22.2 Å². The first-order chi connectivity index (χ1) is 15.3. The van der Waals surface area contributed by atoms with Crippen LogP contribution in [-0.4, -0.2) is 41.0 Å². The number of nitrogens with one attached hydrogen (secondary N) is 2. The Morgan fingerprint density at radius 2 is 1.94 bits per heavy atom. The maximum absolute atomic E-state index is 8.86. The highest BCUT2D eigenvalue weighted by Gasteiger charge is 2.20. The molecule has 31 heavy (non-hydrogen) atoms. The smallest absolute Gasteiger partial charge is 0.237 e. The van der Waals surface area contributed by atoms with Gasteiger partial charge in [-0.15, -0.1) is 0 Å². The first-order valence-corrected chi connectivity index (χ1v) is 10.1. The van der Waals surface area contributed by atoms with Crippen LogP contribution in [0.3, 0.4) is 0 Å². The highest BCUT2D eigenvalue weighted by Crippen LogP contribution is 2.32. The SMILES string of the molecule is N#Cc1ccc(CCNCC2CNc3cc(-c4ccc5nonc5c4)cnc3O2)cc1. The zero-order valence-corrected chi connectivity index (χ0v) is 16.7. The lowest BCUT2D eigenvalue weighted by Crippen LogP contribution is -2.40. The second-order valence-corrected chi connectivity index (χ2v) is 7.43. The van der Waals surface area contributed by atoms with Gasteiger partial charge in [-0.05, 0) is 64.7 Å². The largest absolute Gasteiger partial charge is 0.470 e. The minimum absolute atomic E-state index is 0.00405. The molecule has 4 aromatic rings. The van der Waals surface area contributed by atoms with Gasteiger partial charge in [0.1, 0.15) is 17.1 Å². The molecule has 0 spiro atoms. The molecule has 8 heteroatoms. The van der Waals surface area contributed by atoms with Crippen LogP contribution in [0.1, 0.15) is 11.1 Å². The number of nitrogens with zero attached hydrogens (tertiary/aromatic N) is 4. The van der Waals surface area contributed by atoms with Crippen molar-refractivity contribution in [2.45, 2.75) is 12.5 Å². The molecule has 2 aromatic heterocycles. The van der Waals surface area contributed by atoms with E-state index in [1.807, 2.05) is 48.5 Å². The van der Waals surface area contributed by atoms with Crippen LogP contribution in [0.2, 0.25) is 0 Å². The third kappa shape index (κ3) is 4.17. The minimum atomic E-state index is 0.00405. The van der Waals surface area contributed by atoms with Gasteiger partial charge in [0, 0.05) is 18.3 Å². The molecular weight excluding hydrogens is 392 g/mol. The molecule has 1 unspecified atom stereocenters. The summed E-state index contributed by atoms with van der Waals surface area (Å²) >= 11 is 0. The Hall–Kier alpha value is -3.96. The number of nitriles is 1. The third-order valence-corrected chi connectivity index (χ3v) is 5.28. The van der Waals surface area contributed by atoms with Gasteiger partial charge >= 0.3 is 0 Å². The van der Waals surface area contributed by atoms with Gasteiger partial charge < -0.3 is 15.4 Å². The molecule has 2 aromatic carbocycles. The molecule has 0 amide bonds. The number of hydrogen-bond acceptors (Lipinski definition) is 8. The van der Waals surface area contributed by atoms with Crippen molar-refractivity contribution in [3.05, 3.63) is 65.9 Å². The van der Waals surface area contributed by atoms with Crippen LogP contribution >= 0.6 is 0 Å². The molecule has 0 saturated heterocycles. The summed E-state index contributed by atoms with van der Waals surface area (Å²) in [6.07, 6.45) is 2.70. The molecule has 3 heterocycles. The predicted molar refractivity (Wildman–Crippen MR) is 116 cm³/mol. The average molecular weight is 412 g/mol. The van der Waals surface area contributed by atoms with Crippen molar-refractivity contribution in [1.29, 1.82) is 5.26 Å². The van der Waals surface area contributed by atoms with Crippen molar-refractivity contribution in [3.8, 4) is 23.1 Å². The number of pyridine rings is 1. The third-order valence-electron chi connectivity index (χ3n) is 5.28. The fourth-order valence-corrected chi connectivity index (χ4v) is 3.57. The van der Waals surface area contributed by atoms with Crippen molar-refractivity contribution in [1.82, 2.24) is 20.6 Å². The lowest BCUT2D eigenvalue weighted by atomic mass is 10.1. The van der Waals surface area contributed by atoms with E-state index in [9.17, 15) is 0 Å². The maximum Gasteiger partial charge on any atom is 0.237 e. The zero-order chi connectivity index (χ0) is 21.0. The summed E-state index contributed by atoms with van der Waals surface area (Å²) in [5.41, 5.74) is 6.17. The van der Waals surface area contributed by atoms with Gasteiger partial charge in [-0.25, -0.2) is 9.61 Å². The van der Waals surface area contributed by atoms with E-state index >= 15 is 0 Å². The Morgan fingerprint density at radius 3 is 2.81 bits per heavy atom. The number of rotatable bonds is 6. The average Bonchev–Trinajstić information content (AvgIpc) is 3.30. The first kappa shape index (κ1) is 19.0. The van der Waals surface area contributed by atoms with Crippen molar-refractivity contribution in [2.24, 2.45) is 0 Å². The zero-order valence-electron chi connectivity index (χ0n) is 16.7. The molecule has 5 rings (SSSR count). The maximum atomic E-state index is 8.86. The summed E-state index contributed by atoms with van der Waals surface area (Å²) in [4.78, 5) is 4.51. The highest BCUT2D eigenvalue weighted by atomic mass is 16.6. The molecule has 0 saturated carbocycles. The molecule has 0 fully saturated rings. The summed E-state index contributed by atoms with van der Waals surface area (Å²) in [5.74, 6) is 0.609. The Balaban J connectivity index is 1.16. The van der Waals surface area contributed by atoms with E-state index in [0.717, 1.165) is 41.8 Å². The first-order valence-electron chi connectivity index (χ1n) is 10.1. The van der Waals surface area contributed by atoms with Gasteiger partial charge in [0.25, 0.3) is 0 Å². The monoisotopic (exact) mass is 412 g/mol. The second-order valence-electron chi connectivity index (χ2n) is 7.43. The number of ether oxygens (including phenoxy) is 1. The Labute approximate surface area is 178 Å². The topological polar surface area (TPSA) is 109 Å². The van der Waals surface area contributed by atoms with Gasteiger partial charge in [0.2, 0.25) is 5.88 Å². The van der Waals surface area contributed by atoms with Crippen molar-refractivity contribution < 1.29 is 9.37 Å². The molecule has 8 nitrogen and oxygen atoms in total. The van der Waals surface area contributed by atoms with E-state index in [1.54, 1.807) is 6.20 Å². The standard InChI is InChI=1S/C23H20N6O2/c24-11-16-3-1-15(2-4-16)7-8-25-13-19-14-26-22-10-18(12-27-23(22)30-19)17-5-6-20-21(9-17)29-31-28-20/h1-6,9-10,12,19,25-26H,7-8,13-14H2. The highest BCUT2D eigenvalue weighted by molar-refractivity contribution is 5.81. The molecule has 154 valence electrons. The van der Waals surface area contributed by atoms with Crippen molar-refractivity contribution in [2.75, 3.05) is 25.0 Å². The molecule has 2 N–H and O–H groups in total. The van der Waals surface area contributed by atoms with Crippen LogP contribution in [0.5, 0.6) is 5.88 Å². The van der Waals surface area contributed by atoms with Gasteiger partial charge in [-0.2, -0.15) is 5.26 Å². The Bertz CT molecular complexity index is 1250. The Morgan fingerprint density at radius 1 is 1.06 bits per heavy atom. The quantitative estimate of drug-likeness (QED) is 0.465. The van der Waals surface area contributed by atoms with Crippen LogP contribution in [0.15, 0.2) is 59.4 Å². The van der Waals surface area contributed by atoms with Gasteiger partial charge in [-0.3, -0.25) is 0 Å². The van der Waals surface area contributed by atoms with Crippen LogP contribution in [0, 0.1) is 11.3 Å². The number of benzene rings is 2. The number of hydrogen-bond donors (Lipinski definition) is 2. The van der Waals surface area contributed by atoms with Gasteiger partial charge in [-0.1, -0.05) is 18.2 Å². The van der Waals surface area contributed by atoms with E-state index in [1.165, 1.54) is 5.56 Å². The van der Waals surface area contributed by atoms with Gasteiger partial charge in [0.15, 0.2) is 0 Å². The minimum Gasteiger partial charge on any atom is -0.470 e. The van der Waals surface area contributed by atoms with E-state index in [2.05, 4.69) is 32.0 Å². The summed E-state index contributed by atoms with van der Waals surface area (Å²) in [7, 11) is 0. The lowest BCUT2D eigenvalue weighted by Gasteiger charge is -2.27. The Kier molecular flexibility index (Phi) is 5.17. The molecular formula is C23H20N6O2. The predicted octanol–water partition coefficient (Wildman–Crippen LogP) is 3.16. The normalized spacial score (nSPS) is 15.0. The van der Waals surface area contributed by atoms with E-state index in [4.69, 9.17) is 14.6 Å². The molecule has 0 bridgehead atoms. The molecule has 1 aliphatic rings. The van der Waals surface area contributed by atoms with Crippen LogP contribution < -0.4 is 15.4 Å². The second kappa shape index (κ2) is 8.42. The fraction of sp³-hybridized carbons (Fsp3) is 0.217. The summed E-state index contributed by atoms with van der Waals surface area (Å²) in [6.45, 7) is 2.26. The molecule has 1 aliphatic heterocycles.